The lowest BCUT2D eigenvalue weighted by Gasteiger charge is -2.06. The Bertz CT molecular complexity index is 680. The summed E-state index contributed by atoms with van der Waals surface area (Å²) in [6.07, 6.45) is 0. The number of thiophene rings is 1. The molecule has 1 aromatic heterocycles. The third kappa shape index (κ3) is 3.02. The highest BCUT2D eigenvalue weighted by atomic mass is 32.1. The summed E-state index contributed by atoms with van der Waals surface area (Å²) in [5.41, 5.74) is 5.28. The first-order valence-corrected chi connectivity index (χ1v) is 6.53. The second kappa shape index (κ2) is 6.28. The molecule has 2 aromatic rings. The summed E-state index contributed by atoms with van der Waals surface area (Å²) in [5, 5.41) is 3.89. The van der Waals surface area contributed by atoms with Crippen molar-refractivity contribution in [3.63, 3.8) is 0 Å². The molecule has 20 heavy (non-hydrogen) atoms. The Hall–Kier alpha value is -2.23. The van der Waals surface area contributed by atoms with Gasteiger partial charge in [-0.25, -0.2) is 8.78 Å². The molecule has 6 heteroatoms. The predicted octanol–water partition coefficient (Wildman–Crippen LogP) is 2.59. The maximum Gasteiger partial charge on any atom is 0.267 e. The molecule has 102 valence electrons. The van der Waals surface area contributed by atoms with Crippen LogP contribution in [-0.2, 0) is 0 Å². The highest BCUT2D eigenvalue weighted by Crippen LogP contribution is 2.22. The van der Waals surface area contributed by atoms with E-state index in [2.05, 4.69) is 17.2 Å². The van der Waals surface area contributed by atoms with Crippen molar-refractivity contribution in [3.8, 4) is 11.8 Å². The van der Waals surface area contributed by atoms with Crippen LogP contribution >= 0.6 is 11.3 Å². The standard InChI is InChI=1S/C14H10F2N2OS/c15-10-4-1-5-11(16)12(10)18-14(19)13-9(3-2-7-17)6-8-20-13/h1,4-6,8H,7,17H2,(H,18,19). The van der Waals surface area contributed by atoms with E-state index >= 15 is 0 Å². The van der Waals surface area contributed by atoms with E-state index in [4.69, 9.17) is 5.73 Å². The first kappa shape index (κ1) is 14.2. The third-order valence-electron chi connectivity index (χ3n) is 2.40. The number of nitrogens with one attached hydrogen (secondary N) is 1. The van der Waals surface area contributed by atoms with Gasteiger partial charge in [0.15, 0.2) is 0 Å². The second-order valence-corrected chi connectivity index (χ2v) is 4.64. The van der Waals surface area contributed by atoms with E-state index in [1.165, 1.54) is 6.07 Å². The van der Waals surface area contributed by atoms with Gasteiger partial charge in [0, 0.05) is 5.56 Å². The topological polar surface area (TPSA) is 55.1 Å². The van der Waals surface area contributed by atoms with Crippen LogP contribution in [0.4, 0.5) is 14.5 Å². The molecule has 3 nitrogen and oxygen atoms in total. The van der Waals surface area contributed by atoms with Gasteiger partial charge in [-0.1, -0.05) is 17.9 Å². The van der Waals surface area contributed by atoms with E-state index in [9.17, 15) is 13.6 Å². The van der Waals surface area contributed by atoms with Crippen LogP contribution in [0.1, 0.15) is 15.2 Å². The van der Waals surface area contributed by atoms with Crippen LogP contribution in [0.3, 0.4) is 0 Å². The van der Waals surface area contributed by atoms with Gasteiger partial charge in [-0.05, 0) is 23.6 Å². The number of halogens is 2. The number of hydrogen-bond donors (Lipinski definition) is 2. The molecule has 3 N–H and O–H groups in total. The molecule has 1 amide bonds. The smallest absolute Gasteiger partial charge is 0.267 e. The van der Waals surface area contributed by atoms with Crippen molar-refractivity contribution in [1.82, 2.24) is 0 Å². The highest BCUT2D eigenvalue weighted by Gasteiger charge is 2.16. The Labute approximate surface area is 118 Å². The van der Waals surface area contributed by atoms with Gasteiger partial charge in [-0.2, -0.15) is 0 Å². The summed E-state index contributed by atoms with van der Waals surface area (Å²) in [6, 6.07) is 5.02. The minimum absolute atomic E-state index is 0.166. The maximum atomic E-state index is 13.5. The molecule has 0 radical (unpaired) electrons. The summed E-state index contributed by atoms with van der Waals surface area (Å²) in [4.78, 5) is 12.3. The van der Waals surface area contributed by atoms with Gasteiger partial charge in [0.1, 0.15) is 22.2 Å². The van der Waals surface area contributed by atoms with Gasteiger partial charge < -0.3 is 11.1 Å². The number of nitrogens with two attached hydrogens (primary N) is 1. The minimum Gasteiger partial charge on any atom is -0.320 e. The van der Waals surface area contributed by atoms with Crippen LogP contribution in [0.25, 0.3) is 0 Å². The fourth-order valence-corrected chi connectivity index (χ4v) is 2.26. The zero-order valence-electron chi connectivity index (χ0n) is 10.2. The second-order valence-electron chi connectivity index (χ2n) is 3.72. The number of carbonyl (C=O) groups excluding carboxylic acids is 1. The summed E-state index contributed by atoms with van der Waals surface area (Å²) in [7, 11) is 0. The lowest BCUT2D eigenvalue weighted by atomic mass is 10.2. The third-order valence-corrected chi connectivity index (χ3v) is 3.31. The van der Waals surface area contributed by atoms with Crippen molar-refractivity contribution in [2.24, 2.45) is 5.73 Å². The van der Waals surface area contributed by atoms with Gasteiger partial charge in [0.25, 0.3) is 5.91 Å². The van der Waals surface area contributed by atoms with E-state index in [-0.39, 0.29) is 11.4 Å². The first-order chi connectivity index (χ1) is 9.63. The Morgan fingerprint density at radius 2 is 2.00 bits per heavy atom. The molecule has 0 bridgehead atoms. The van der Waals surface area contributed by atoms with E-state index < -0.39 is 23.2 Å². The Morgan fingerprint density at radius 3 is 2.65 bits per heavy atom. The van der Waals surface area contributed by atoms with Crippen molar-refractivity contribution in [3.05, 3.63) is 51.7 Å². The molecule has 0 saturated heterocycles. The van der Waals surface area contributed by atoms with Crippen LogP contribution in [0.5, 0.6) is 0 Å². The van der Waals surface area contributed by atoms with Crippen molar-refractivity contribution >= 4 is 22.9 Å². The zero-order chi connectivity index (χ0) is 14.5. The summed E-state index contributed by atoms with van der Waals surface area (Å²) < 4.78 is 26.9. The normalized spacial score (nSPS) is 9.75. The van der Waals surface area contributed by atoms with Gasteiger partial charge in [0.05, 0.1) is 6.54 Å². The fraction of sp³-hybridized carbons (Fsp3) is 0.0714. The van der Waals surface area contributed by atoms with E-state index in [1.807, 2.05) is 0 Å². The van der Waals surface area contributed by atoms with Crippen LogP contribution in [0.2, 0.25) is 0 Å². The van der Waals surface area contributed by atoms with Crippen molar-refractivity contribution in [2.45, 2.75) is 0 Å². The quantitative estimate of drug-likeness (QED) is 0.836. The monoisotopic (exact) mass is 292 g/mol. The molecule has 0 aliphatic rings. The number of rotatable bonds is 2. The molecular weight excluding hydrogens is 282 g/mol. The number of carbonyl (C=O) groups is 1. The van der Waals surface area contributed by atoms with Crippen LogP contribution in [0.15, 0.2) is 29.6 Å². The molecule has 2 rings (SSSR count). The molecule has 0 atom stereocenters. The SMILES string of the molecule is NCC#Cc1ccsc1C(=O)Nc1c(F)cccc1F. The zero-order valence-corrected chi connectivity index (χ0v) is 11.1. The molecule has 1 heterocycles. The predicted molar refractivity (Wildman–Crippen MR) is 74.6 cm³/mol. The molecule has 0 fully saturated rings. The van der Waals surface area contributed by atoms with Gasteiger partial charge in [0.2, 0.25) is 0 Å². The number of anilines is 1. The lowest BCUT2D eigenvalue weighted by molar-refractivity contribution is 0.102. The fourth-order valence-electron chi connectivity index (χ4n) is 1.52. The first-order valence-electron chi connectivity index (χ1n) is 5.65. The summed E-state index contributed by atoms with van der Waals surface area (Å²) in [6.45, 7) is 0.166. The van der Waals surface area contributed by atoms with E-state index in [0.29, 0.717) is 5.56 Å². The van der Waals surface area contributed by atoms with Gasteiger partial charge in [-0.15, -0.1) is 11.3 Å². The van der Waals surface area contributed by atoms with Gasteiger partial charge in [-0.3, -0.25) is 4.79 Å². The molecule has 0 unspecified atom stereocenters. The number of para-hydroxylation sites is 1. The van der Waals surface area contributed by atoms with Crippen LogP contribution in [-0.4, -0.2) is 12.5 Å². The van der Waals surface area contributed by atoms with Crippen molar-refractivity contribution < 1.29 is 13.6 Å². The largest absolute Gasteiger partial charge is 0.320 e. The van der Waals surface area contributed by atoms with Crippen LogP contribution in [0, 0.1) is 23.5 Å². The molecule has 0 aliphatic heterocycles. The lowest BCUT2D eigenvalue weighted by Crippen LogP contribution is -2.14. The van der Waals surface area contributed by atoms with Crippen LogP contribution < -0.4 is 11.1 Å². The van der Waals surface area contributed by atoms with E-state index in [0.717, 1.165) is 23.5 Å². The molecule has 1 aromatic carbocycles. The average Bonchev–Trinajstić information content (AvgIpc) is 2.89. The Morgan fingerprint density at radius 1 is 1.30 bits per heavy atom. The maximum absolute atomic E-state index is 13.5. The number of benzene rings is 1. The Balaban J connectivity index is 2.27. The van der Waals surface area contributed by atoms with Crippen molar-refractivity contribution in [2.75, 3.05) is 11.9 Å². The average molecular weight is 292 g/mol. The van der Waals surface area contributed by atoms with Gasteiger partial charge >= 0.3 is 0 Å². The van der Waals surface area contributed by atoms with Crippen molar-refractivity contribution in [1.29, 1.82) is 0 Å². The summed E-state index contributed by atoms with van der Waals surface area (Å²) in [5.74, 6) is 3.10. The molecular formula is C14H10F2N2OS. The summed E-state index contributed by atoms with van der Waals surface area (Å²) >= 11 is 1.14. The minimum atomic E-state index is -0.829. The molecule has 0 spiro atoms. The Kier molecular flexibility index (Phi) is 4.45. The highest BCUT2D eigenvalue weighted by molar-refractivity contribution is 7.12. The number of hydrogen-bond acceptors (Lipinski definition) is 3. The molecule has 0 saturated carbocycles. The van der Waals surface area contributed by atoms with E-state index in [1.54, 1.807) is 11.4 Å². The molecule has 0 aliphatic carbocycles. The number of amides is 1.